The Morgan fingerprint density at radius 1 is 1.33 bits per heavy atom. The number of Topliss-reactive ketones (excluding diaryl/α,β-unsaturated/α-hetero) is 1. The van der Waals surface area contributed by atoms with Gasteiger partial charge in [0.2, 0.25) is 0 Å². The number of nitrogens with zero attached hydrogens (tertiary/aromatic N) is 2. The highest BCUT2D eigenvalue weighted by atomic mass is 35.5. The summed E-state index contributed by atoms with van der Waals surface area (Å²) in [5.41, 5.74) is 7.55. The molecule has 2 N–H and O–H groups in total. The van der Waals surface area contributed by atoms with Crippen LogP contribution in [0.15, 0.2) is 30.5 Å². The van der Waals surface area contributed by atoms with Crippen molar-refractivity contribution in [3.8, 4) is 0 Å². The minimum Gasteiger partial charge on any atom is -0.398 e. The van der Waals surface area contributed by atoms with Crippen LogP contribution in [0.4, 0.5) is 5.69 Å². The number of hydrogen-bond acceptors (Lipinski definition) is 3. The molecule has 1 fully saturated rings. The molecule has 1 heterocycles. The van der Waals surface area contributed by atoms with Gasteiger partial charge in [0, 0.05) is 11.8 Å². The number of hydrogen-bond donors (Lipinski definition) is 1. The Labute approximate surface area is 128 Å². The van der Waals surface area contributed by atoms with Gasteiger partial charge < -0.3 is 5.73 Å². The fourth-order valence-corrected chi connectivity index (χ4v) is 2.95. The van der Waals surface area contributed by atoms with Gasteiger partial charge in [-0.2, -0.15) is 5.10 Å². The standard InChI is InChI=1S/C16H18ClN3O/c17-14-6-5-11(9-15(14)18)16(21)10-12-7-8-20(19-12)13-3-1-2-4-13/h5-9,13H,1-4,10,18H2. The smallest absolute Gasteiger partial charge is 0.168 e. The molecule has 0 radical (unpaired) electrons. The predicted molar refractivity (Wildman–Crippen MR) is 83.6 cm³/mol. The number of aromatic nitrogens is 2. The summed E-state index contributed by atoms with van der Waals surface area (Å²) < 4.78 is 2.01. The molecule has 21 heavy (non-hydrogen) atoms. The Hall–Kier alpha value is -1.81. The lowest BCUT2D eigenvalue weighted by Gasteiger charge is -2.08. The molecular weight excluding hydrogens is 286 g/mol. The van der Waals surface area contributed by atoms with E-state index in [1.54, 1.807) is 18.2 Å². The zero-order valence-corrected chi connectivity index (χ0v) is 12.5. The molecule has 1 aliphatic carbocycles. The summed E-state index contributed by atoms with van der Waals surface area (Å²) in [6.45, 7) is 0. The van der Waals surface area contributed by atoms with E-state index in [1.807, 2.05) is 16.9 Å². The minimum atomic E-state index is 0.00930. The Balaban J connectivity index is 1.70. The third kappa shape index (κ3) is 3.10. The van der Waals surface area contributed by atoms with Crippen LogP contribution in [0.25, 0.3) is 0 Å². The van der Waals surface area contributed by atoms with Crippen LogP contribution in [0.3, 0.4) is 0 Å². The molecule has 2 aromatic rings. The minimum absolute atomic E-state index is 0.00930. The van der Waals surface area contributed by atoms with Gasteiger partial charge in [0.1, 0.15) is 0 Å². The molecule has 110 valence electrons. The van der Waals surface area contributed by atoms with E-state index >= 15 is 0 Å². The molecule has 0 saturated heterocycles. The lowest BCUT2D eigenvalue weighted by Crippen LogP contribution is -2.08. The third-order valence-electron chi connectivity index (χ3n) is 4.02. The molecule has 0 spiro atoms. The van der Waals surface area contributed by atoms with Crippen molar-refractivity contribution in [2.45, 2.75) is 38.1 Å². The summed E-state index contributed by atoms with van der Waals surface area (Å²) >= 11 is 5.87. The SMILES string of the molecule is Nc1cc(C(=O)Cc2ccn(C3CCCC3)n2)ccc1Cl. The summed E-state index contributed by atoms with van der Waals surface area (Å²) in [5.74, 6) is 0.00930. The molecule has 4 nitrogen and oxygen atoms in total. The van der Waals surface area contributed by atoms with Crippen molar-refractivity contribution in [1.82, 2.24) is 9.78 Å². The molecule has 0 bridgehead atoms. The molecule has 1 aliphatic rings. The molecular formula is C16H18ClN3O. The Kier molecular flexibility index (Phi) is 3.97. The van der Waals surface area contributed by atoms with E-state index < -0.39 is 0 Å². The first-order valence-electron chi connectivity index (χ1n) is 7.26. The van der Waals surface area contributed by atoms with Gasteiger partial charge >= 0.3 is 0 Å². The largest absolute Gasteiger partial charge is 0.398 e. The normalized spacial score (nSPS) is 15.5. The predicted octanol–water partition coefficient (Wildman–Crippen LogP) is 3.66. The first-order valence-corrected chi connectivity index (χ1v) is 7.63. The lowest BCUT2D eigenvalue weighted by atomic mass is 10.1. The maximum Gasteiger partial charge on any atom is 0.168 e. The van der Waals surface area contributed by atoms with Crippen molar-refractivity contribution in [2.75, 3.05) is 5.73 Å². The molecule has 0 amide bonds. The summed E-state index contributed by atoms with van der Waals surface area (Å²) in [7, 11) is 0. The number of halogens is 1. The van der Waals surface area contributed by atoms with Crippen molar-refractivity contribution in [2.24, 2.45) is 0 Å². The van der Waals surface area contributed by atoms with Crippen molar-refractivity contribution in [3.05, 3.63) is 46.7 Å². The van der Waals surface area contributed by atoms with E-state index in [0.717, 1.165) is 5.69 Å². The maximum atomic E-state index is 12.3. The topological polar surface area (TPSA) is 60.9 Å². The fourth-order valence-electron chi connectivity index (χ4n) is 2.83. The van der Waals surface area contributed by atoms with Crippen LogP contribution in [0.2, 0.25) is 5.02 Å². The zero-order valence-electron chi connectivity index (χ0n) is 11.8. The Bertz CT molecular complexity index is 659. The van der Waals surface area contributed by atoms with E-state index in [4.69, 9.17) is 17.3 Å². The zero-order chi connectivity index (χ0) is 14.8. The van der Waals surface area contributed by atoms with Gasteiger partial charge in [0.15, 0.2) is 5.78 Å². The van der Waals surface area contributed by atoms with Gasteiger partial charge in [-0.05, 0) is 37.1 Å². The second-order valence-electron chi connectivity index (χ2n) is 5.56. The number of rotatable bonds is 4. The van der Waals surface area contributed by atoms with E-state index in [-0.39, 0.29) is 5.78 Å². The number of anilines is 1. The molecule has 3 rings (SSSR count). The second kappa shape index (κ2) is 5.90. The van der Waals surface area contributed by atoms with Gasteiger partial charge in [0.25, 0.3) is 0 Å². The molecule has 1 aromatic carbocycles. The quantitative estimate of drug-likeness (QED) is 0.692. The van der Waals surface area contributed by atoms with Gasteiger partial charge in [-0.15, -0.1) is 0 Å². The molecule has 0 unspecified atom stereocenters. The highest BCUT2D eigenvalue weighted by molar-refractivity contribution is 6.33. The van der Waals surface area contributed by atoms with Gasteiger partial charge in [-0.1, -0.05) is 24.4 Å². The maximum absolute atomic E-state index is 12.3. The van der Waals surface area contributed by atoms with E-state index in [9.17, 15) is 4.79 Å². The van der Waals surface area contributed by atoms with Gasteiger partial charge in [0.05, 0.1) is 28.9 Å². The first-order chi connectivity index (χ1) is 10.1. The van der Waals surface area contributed by atoms with Crippen molar-refractivity contribution >= 4 is 23.1 Å². The average molecular weight is 304 g/mol. The van der Waals surface area contributed by atoms with Gasteiger partial charge in [-0.25, -0.2) is 0 Å². The number of carbonyl (C=O) groups excluding carboxylic acids is 1. The number of benzene rings is 1. The number of ketones is 1. The summed E-state index contributed by atoms with van der Waals surface area (Å²) in [6.07, 6.45) is 7.17. The number of nitrogens with two attached hydrogens (primary N) is 1. The summed E-state index contributed by atoms with van der Waals surface area (Å²) in [6, 6.07) is 7.41. The van der Waals surface area contributed by atoms with Crippen LogP contribution < -0.4 is 5.73 Å². The monoisotopic (exact) mass is 303 g/mol. The average Bonchev–Trinajstić information content (AvgIpc) is 3.12. The van der Waals surface area contributed by atoms with Crippen LogP contribution in [-0.4, -0.2) is 15.6 Å². The van der Waals surface area contributed by atoms with E-state index in [2.05, 4.69) is 5.10 Å². The molecule has 5 heteroatoms. The first kappa shape index (κ1) is 14.1. The Morgan fingerprint density at radius 2 is 2.10 bits per heavy atom. The third-order valence-corrected chi connectivity index (χ3v) is 4.37. The lowest BCUT2D eigenvalue weighted by molar-refractivity contribution is 0.0991. The van der Waals surface area contributed by atoms with Crippen LogP contribution in [0.5, 0.6) is 0 Å². The van der Waals surface area contributed by atoms with Crippen molar-refractivity contribution in [3.63, 3.8) is 0 Å². The Morgan fingerprint density at radius 3 is 2.81 bits per heavy atom. The van der Waals surface area contributed by atoms with Crippen molar-refractivity contribution in [1.29, 1.82) is 0 Å². The van der Waals surface area contributed by atoms with Crippen LogP contribution in [0, 0.1) is 0 Å². The fraction of sp³-hybridized carbons (Fsp3) is 0.375. The highest BCUT2D eigenvalue weighted by Crippen LogP contribution is 2.28. The molecule has 1 aromatic heterocycles. The van der Waals surface area contributed by atoms with E-state index in [1.165, 1.54) is 25.7 Å². The highest BCUT2D eigenvalue weighted by Gasteiger charge is 2.18. The summed E-state index contributed by atoms with van der Waals surface area (Å²) in [5, 5.41) is 5.01. The molecule has 0 atom stereocenters. The van der Waals surface area contributed by atoms with Crippen LogP contribution in [0.1, 0.15) is 47.8 Å². The summed E-state index contributed by atoms with van der Waals surface area (Å²) in [4.78, 5) is 12.3. The second-order valence-corrected chi connectivity index (χ2v) is 5.97. The van der Waals surface area contributed by atoms with Crippen molar-refractivity contribution < 1.29 is 4.79 Å². The van der Waals surface area contributed by atoms with Crippen LogP contribution >= 0.6 is 11.6 Å². The van der Waals surface area contributed by atoms with Gasteiger partial charge in [-0.3, -0.25) is 9.48 Å². The number of carbonyl (C=O) groups is 1. The van der Waals surface area contributed by atoms with E-state index in [0.29, 0.717) is 28.7 Å². The number of nitrogen functional groups attached to an aromatic ring is 1. The molecule has 0 aliphatic heterocycles. The molecule has 1 saturated carbocycles. The van der Waals surface area contributed by atoms with Crippen LogP contribution in [-0.2, 0) is 6.42 Å².